The molecule has 1 aromatic rings. The van der Waals surface area contributed by atoms with Crippen LogP contribution >= 0.6 is 15.9 Å². The van der Waals surface area contributed by atoms with Gasteiger partial charge in [-0.2, -0.15) is 0 Å². The summed E-state index contributed by atoms with van der Waals surface area (Å²) in [6.07, 6.45) is -2.63. The molecular formula is C7H6BrF2NO. The van der Waals surface area contributed by atoms with Gasteiger partial charge in [0.05, 0.1) is 5.69 Å². The van der Waals surface area contributed by atoms with Crippen LogP contribution in [-0.4, -0.2) is 4.98 Å². The number of nitrogens with one attached hydrogen (secondary N) is 1. The van der Waals surface area contributed by atoms with Gasteiger partial charge in [-0.05, 0) is 0 Å². The van der Waals surface area contributed by atoms with E-state index in [0.29, 0.717) is 11.0 Å². The first-order chi connectivity index (χ1) is 5.63. The predicted molar refractivity (Wildman–Crippen MR) is 44.7 cm³/mol. The standard InChI is InChI=1S/C7H6BrF2NO/c8-3-4-1-5(12)2-6(11-4)7(9)10/h1-2,7H,3H2,(H,11,12). The minimum atomic E-state index is -2.63. The minimum Gasteiger partial charge on any atom is -0.357 e. The van der Waals surface area contributed by atoms with Gasteiger partial charge < -0.3 is 4.98 Å². The van der Waals surface area contributed by atoms with Crippen molar-refractivity contribution in [2.45, 2.75) is 11.8 Å². The fourth-order valence-electron chi connectivity index (χ4n) is 0.814. The first kappa shape index (κ1) is 9.38. The molecule has 12 heavy (non-hydrogen) atoms. The lowest BCUT2D eigenvalue weighted by Gasteiger charge is -2.01. The average molecular weight is 238 g/mol. The third-order valence-electron chi connectivity index (χ3n) is 1.30. The molecule has 0 radical (unpaired) electrons. The van der Waals surface area contributed by atoms with Crippen molar-refractivity contribution >= 4 is 15.9 Å². The van der Waals surface area contributed by atoms with Crippen LogP contribution in [0.2, 0.25) is 0 Å². The lowest BCUT2D eigenvalue weighted by Crippen LogP contribution is -2.05. The number of pyridine rings is 1. The number of aromatic amines is 1. The van der Waals surface area contributed by atoms with E-state index < -0.39 is 11.9 Å². The molecule has 0 amide bonds. The van der Waals surface area contributed by atoms with E-state index >= 15 is 0 Å². The van der Waals surface area contributed by atoms with Gasteiger partial charge in [-0.3, -0.25) is 4.79 Å². The number of rotatable bonds is 2. The van der Waals surface area contributed by atoms with Crippen LogP contribution in [0.1, 0.15) is 17.8 Å². The van der Waals surface area contributed by atoms with Gasteiger partial charge in [-0.25, -0.2) is 8.78 Å². The van der Waals surface area contributed by atoms with Crippen molar-refractivity contribution in [2.75, 3.05) is 0 Å². The highest BCUT2D eigenvalue weighted by molar-refractivity contribution is 9.08. The monoisotopic (exact) mass is 237 g/mol. The van der Waals surface area contributed by atoms with Crippen molar-refractivity contribution in [3.63, 3.8) is 0 Å². The summed E-state index contributed by atoms with van der Waals surface area (Å²) >= 11 is 3.06. The van der Waals surface area contributed by atoms with Crippen LogP contribution in [0.5, 0.6) is 0 Å². The van der Waals surface area contributed by atoms with E-state index in [4.69, 9.17) is 0 Å². The van der Waals surface area contributed by atoms with Crippen LogP contribution < -0.4 is 5.43 Å². The van der Waals surface area contributed by atoms with Crippen LogP contribution in [0.25, 0.3) is 0 Å². The Kier molecular flexibility index (Phi) is 2.97. The molecule has 0 aliphatic rings. The van der Waals surface area contributed by atoms with E-state index in [-0.39, 0.29) is 5.69 Å². The zero-order chi connectivity index (χ0) is 9.14. The maximum absolute atomic E-state index is 12.1. The third kappa shape index (κ3) is 2.14. The number of hydrogen-bond acceptors (Lipinski definition) is 1. The summed E-state index contributed by atoms with van der Waals surface area (Å²) in [4.78, 5) is 13.2. The van der Waals surface area contributed by atoms with Gasteiger partial charge in [0.1, 0.15) is 0 Å². The SMILES string of the molecule is O=c1cc(CBr)[nH]c(C(F)F)c1. The summed E-state index contributed by atoms with van der Waals surface area (Å²) in [5.41, 5.74) is -0.284. The molecule has 1 N–H and O–H groups in total. The van der Waals surface area contributed by atoms with E-state index in [1.165, 1.54) is 6.07 Å². The molecule has 0 fully saturated rings. The van der Waals surface area contributed by atoms with Gasteiger partial charge in [0.2, 0.25) is 0 Å². The van der Waals surface area contributed by atoms with Crippen molar-refractivity contribution in [1.29, 1.82) is 0 Å². The Morgan fingerprint density at radius 1 is 1.50 bits per heavy atom. The van der Waals surface area contributed by atoms with Crippen molar-refractivity contribution in [2.24, 2.45) is 0 Å². The largest absolute Gasteiger partial charge is 0.357 e. The fourth-order valence-corrected chi connectivity index (χ4v) is 1.12. The average Bonchev–Trinajstić information content (AvgIpc) is 2.03. The Balaban J connectivity index is 3.15. The summed E-state index contributed by atoms with van der Waals surface area (Å²) in [6.45, 7) is 0. The summed E-state index contributed by atoms with van der Waals surface area (Å²) in [6, 6.07) is 2.18. The van der Waals surface area contributed by atoms with Gasteiger partial charge in [0.15, 0.2) is 5.43 Å². The maximum Gasteiger partial charge on any atom is 0.278 e. The molecule has 0 spiro atoms. The number of halogens is 3. The highest BCUT2D eigenvalue weighted by Crippen LogP contribution is 2.14. The molecule has 66 valence electrons. The smallest absolute Gasteiger partial charge is 0.278 e. The van der Waals surface area contributed by atoms with Crippen molar-refractivity contribution in [3.05, 3.63) is 33.7 Å². The first-order valence-corrected chi connectivity index (χ1v) is 4.33. The Morgan fingerprint density at radius 2 is 2.17 bits per heavy atom. The van der Waals surface area contributed by atoms with E-state index in [1.807, 2.05) is 0 Å². The summed E-state index contributed by atoms with van der Waals surface area (Å²) < 4.78 is 24.2. The Labute approximate surface area is 75.7 Å². The molecule has 5 heteroatoms. The van der Waals surface area contributed by atoms with Crippen LogP contribution in [0.3, 0.4) is 0 Å². The lowest BCUT2D eigenvalue weighted by molar-refractivity contribution is 0.145. The fraction of sp³-hybridized carbons (Fsp3) is 0.286. The molecule has 1 aromatic heterocycles. The summed E-state index contributed by atoms with van der Waals surface area (Å²) in [7, 11) is 0. The molecule has 0 aliphatic carbocycles. The lowest BCUT2D eigenvalue weighted by atomic mass is 10.3. The zero-order valence-electron chi connectivity index (χ0n) is 5.98. The molecule has 0 saturated carbocycles. The molecular weight excluding hydrogens is 232 g/mol. The van der Waals surface area contributed by atoms with E-state index in [2.05, 4.69) is 20.9 Å². The van der Waals surface area contributed by atoms with Crippen molar-refractivity contribution < 1.29 is 8.78 Å². The van der Waals surface area contributed by atoms with Crippen LogP contribution in [0, 0.1) is 0 Å². The predicted octanol–water partition coefficient (Wildman–Crippen LogP) is 2.21. The second kappa shape index (κ2) is 3.80. The second-order valence-corrected chi connectivity index (χ2v) is 2.79. The molecule has 0 aromatic carbocycles. The van der Waals surface area contributed by atoms with Gasteiger partial charge in [0.25, 0.3) is 6.43 Å². The molecule has 0 saturated heterocycles. The number of aromatic nitrogens is 1. The highest BCUT2D eigenvalue weighted by atomic mass is 79.9. The molecule has 0 aliphatic heterocycles. The van der Waals surface area contributed by atoms with Crippen LogP contribution in [-0.2, 0) is 5.33 Å². The minimum absolute atomic E-state index is 0.336. The molecule has 0 unspecified atom stereocenters. The second-order valence-electron chi connectivity index (χ2n) is 2.23. The normalized spacial score (nSPS) is 10.7. The Morgan fingerprint density at radius 3 is 2.67 bits per heavy atom. The number of hydrogen-bond donors (Lipinski definition) is 1. The van der Waals surface area contributed by atoms with Gasteiger partial charge in [-0.1, -0.05) is 15.9 Å². The van der Waals surface area contributed by atoms with Gasteiger partial charge >= 0.3 is 0 Å². The van der Waals surface area contributed by atoms with Crippen LogP contribution in [0.15, 0.2) is 16.9 Å². The molecule has 1 rings (SSSR count). The van der Waals surface area contributed by atoms with E-state index in [9.17, 15) is 13.6 Å². The summed E-state index contributed by atoms with van der Waals surface area (Å²) in [5, 5.41) is 0.364. The van der Waals surface area contributed by atoms with Crippen LogP contribution in [0.4, 0.5) is 8.78 Å². The van der Waals surface area contributed by atoms with Crippen molar-refractivity contribution in [1.82, 2.24) is 4.98 Å². The molecule has 0 atom stereocenters. The van der Waals surface area contributed by atoms with Crippen molar-refractivity contribution in [3.8, 4) is 0 Å². The Hall–Kier alpha value is -0.710. The van der Waals surface area contributed by atoms with Gasteiger partial charge in [-0.15, -0.1) is 0 Å². The number of alkyl halides is 3. The highest BCUT2D eigenvalue weighted by Gasteiger charge is 2.08. The maximum atomic E-state index is 12.1. The third-order valence-corrected chi connectivity index (χ3v) is 1.90. The topological polar surface area (TPSA) is 32.9 Å². The molecule has 1 heterocycles. The first-order valence-electron chi connectivity index (χ1n) is 3.20. The van der Waals surface area contributed by atoms with E-state index in [0.717, 1.165) is 6.07 Å². The summed E-state index contributed by atoms with van der Waals surface area (Å²) in [5.74, 6) is 0. The number of H-pyrrole nitrogens is 1. The molecule has 0 bridgehead atoms. The quantitative estimate of drug-likeness (QED) is 0.787. The molecule has 2 nitrogen and oxygen atoms in total. The zero-order valence-corrected chi connectivity index (χ0v) is 7.57. The van der Waals surface area contributed by atoms with Gasteiger partial charge in [0, 0.05) is 23.2 Å². The van der Waals surface area contributed by atoms with E-state index in [1.54, 1.807) is 0 Å². The Bertz CT molecular complexity index is 323.